The molecule has 26 heavy (non-hydrogen) atoms. The number of hydrogen-bond acceptors (Lipinski definition) is 5. The molecule has 0 amide bonds. The predicted octanol–water partition coefficient (Wildman–Crippen LogP) is 3.81. The van der Waals surface area contributed by atoms with Gasteiger partial charge in [0.25, 0.3) is 0 Å². The van der Waals surface area contributed by atoms with Crippen molar-refractivity contribution < 1.29 is 0 Å². The molecule has 3 N–H and O–H groups in total. The zero-order chi connectivity index (χ0) is 17.9. The van der Waals surface area contributed by atoms with Crippen LogP contribution in [0.4, 0.5) is 17.6 Å². The Morgan fingerprint density at radius 3 is 2.92 bits per heavy atom. The van der Waals surface area contributed by atoms with Crippen molar-refractivity contribution in [2.45, 2.75) is 13.3 Å². The first-order valence-corrected chi connectivity index (χ1v) is 8.67. The smallest absolute Gasteiger partial charge is 0.216 e. The third-order valence-corrected chi connectivity index (χ3v) is 4.18. The molecule has 3 heterocycles. The molecule has 0 unspecified atom stereocenters. The summed E-state index contributed by atoms with van der Waals surface area (Å²) in [6, 6.07) is 11.7. The van der Waals surface area contributed by atoms with Crippen LogP contribution in [0.3, 0.4) is 0 Å². The molecule has 3 aromatic heterocycles. The fraction of sp³-hybridized carbons (Fsp3) is 0.167. The number of halogens is 1. The number of H-pyrrole nitrogens is 1. The molecular weight excluding hydrogens is 350 g/mol. The molecule has 0 atom stereocenters. The predicted molar refractivity (Wildman–Crippen MR) is 103 cm³/mol. The van der Waals surface area contributed by atoms with Gasteiger partial charge in [-0.1, -0.05) is 23.7 Å². The minimum absolute atomic E-state index is 0.650. The SMILES string of the molecule is Cc1cc(Nc2nc(NCCc3cccc(Cl)c3)cc3nccn23)n[nH]1. The van der Waals surface area contributed by atoms with Crippen molar-refractivity contribution in [3.8, 4) is 0 Å². The van der Waals surface area contributed by atoms with E-state index in [1.807, 2.05) is 47.9 Å². The maximum atomic E-state index is 6.03. The molecule has 132 valence electrons. The summed E-state index contributed by atoms with van der Waals surface area (Å²) < 4.78 is 1.88. The Morgan fingerprint density at radius 1 is 1.19 bits per heavy atom. The van der Waals surface area contributed by atoms with Crippen LogP contribution in [-0.4, -0.2) is 31.1 Å². The number of benzene rings is 1. The Hall–Kier alpha value is -3.06. The van der Waals surface area contributed by atoms with Crippen molar-refractivity contribution in [2.75, 3.05) is 17.2 Å². The van der Waals surface area contributed by atoms with Gasteiger partial charge in [0.1, 0.15) is 11.5 Å². The van der Waals surface area contributed by atoms with E-state index in [0.717, 1.165) is 35.1 Å². The van der Waals surface area contributed by atoms with E-state index in [2.05, 4.69) is 36.9 Å². The first-order valence-electron chi connectivity index (χ1n) is 8.29. The number of nitrogens with one attached hydrogen (secondary N) is 3. The Labute approximate surface area is 155 Å². The molecule has 8 heteroatoms. The van der Waals surface area contributed by atoms with E-state index in [9.17, 15) is 0 Å². The van der Waals surface area contributed by atoms with Crippen LogP contribution in [0.2, 0.25) is 5.02 Å². The summed E-state index contributed by atoms with van der Waals surface area (Å²) in [5.41, 5.74) is 2.96. The Morgan fingerprint density at radius 2 is 2.12 bits per heavy atom. The van der Waals surface area contributed by atoms with Gasteiger partial charge in [-0.05, 0) is 31.0 Å². The third kappa shape index (κ3) is 3.62. The molecule has 0 aliphatic heterocycles. The normalized spacial score (nSPS) is 11.0. The number of aromatic nitrogens is 5. The van der Waals surface area contributed by atoms with Gasteiger partial charge >= 0.3 is 0 Å². The minimum atomic E-state index is 0.650. The Bertz CT molecular complexity index is 1040. The van der Waals surface area contributed by atoms with Crippen LogP contribution < -0.4 is 10.6 Å². The summed E-state index contributed by atoms with van der Waals surface area (Å²) in [5.74, 6) is 2.11. The highest BCUT2D eigenvalue weighted by Gasteiger charge is 2.08. The van der Waals surface area contributed by atoms with Crippen molar-refractivity contribution in [1.82, 2.24) is 24.6 Å². The summed E-state index contributed by atoms with van der Waals surface area (Å²) in [7, 11) is 0. The first kappa shape index (κ1) is 16.4. The number of aryl methyl sites for hydroxylation is 1. The van der Waals surface area contributed by atoms with Gasteiger partial charge in [-0.15, -0.1) is 0 Å². The topological polar surface area (TPSA) is 82.9 Å². The molecule has 0 fully saturated rings. The van der Waals surface area contributed by atoms with E-state index in [-0.39, 0.29) is 0 Å². The summed E-state index contributed by atoms with van der Waals surface area (Å²) in [5, 5.41) is 14.4. The third-order valence-electron chi connectivity index (χ3n) is 3.94. The van der Waals surface area contributed by atoms with Crippen LogP contribution in [0.5, 0.6) is 0 Å². The lowest BCUT2D eigenvalue weighted by Gasteiger charge is -2.10. The van der Waals surface area contributed by atoms with Crippen molar-refractivity contribution in [2.24, 2.45) is 0 Å². The molecule has 0 radical (unpaired) electrons. The molecule has 4 rings (SSSR count). The van der Waals surface area contributed by atoms with Crippen molar-refractivity contribution >= 4 is 34.8 Å². The number of fused-ring (bicyclic) bond motifs is 1. The lowest BCUT2D eigenvalue weighted by atomic mass is 10.1. The monoisotopic (exact) mass is 367 g/mol. The molecule has 0 spiro atoms. The second-order valence-electron chi connectivity index (χ2n) is 5.99. The molecule has 0 saturated carbocycles. The van der Waals surface area contributed by atoms with Gasteiger partial charge in [0.05, 0.1) is 0 Å². The molecule has 1 aromatic carbocycles. The Balaban J connectivity index is 1.51. The van der Waals surface area contributed by atoms with Crippen LogP contribution in [0.1, 0.15) is 11.3 Å². The lowest BCUT2D eigenvalue weighted by Crippen LogP contribution is -2.09. The number of imidazole rings is 1. The van der Waals surface area contributed by atoms with E-state index in [1.165, 1.54) is 5.56 Å². The average Bonchev–Trinajstić information content (AvgIpc) is 3.24. The van der Waals surface area contributed by atoms with Gasteiger partial charge < -0.3 is 10.6 Å². The zero-order valence-corrected chi connectivity index (χ0v) is 15.0. The molecule has 0 aliphatic carbocycles. The van der Waals surface area contributed by atoms with Gasteiger partial charge in [-0.2, -0.15) is 10.1 Å². The number of aromatic amines is 1. The first-order chi connectivity index (χ1) is 12.7. The van der Waals surface area contributed by atoms with E-state index in [4.69, 9.17) is 11.6 Å². The highest BCUT2D eigenvalue weighted by Crippen LogP contribution is 2.18. The zero-order valence-electron chi connectivity index (χ0n) is 14.2. The summed E-state index contributed by atoms with van der Waals surface area (Å²) in [6.07, 6.45) is 4.46. The van der Waals surface area contributed by atoms with Crippen LogP contribution in [0.15, 0.2) is 48.8 Å². The molecule has 7 nitrogen and oxygen atoms in total. The molecule has 0 bridgehead atoms. The summed E-state index contributed by atoms with van der Waals surface area (Å²) in [4.78, 5) is 9.01. The van der Waals surface area contributed by atoms with Crippen LogP contribution in [0, 0.1) is 6.92 Å². The molecule has 4 aromatic rings. The van der Waals surface area contributed by atoms with Gasteiger partial charge in [-0.3, -0.25) is 9.50 Å². The van der Waals surface area contributed by atoms with E-state index in [1.54, 1.807) is 6.20 Å². The number of nitrogens with zero attached hydrogens (tertiary/aromatic N) is 4. The Kier molecular flexibility index (Phi) is 4.45. The summed E-state index contributed by atoms with van der Waals surface area (Å²) >= 11 is 6.03. The van der Waals surface area contributed by atoms with Crippen LogP contribution in [0.25, 0.3) is 5.65 Å². The number of rotatable bonds is 6. The van der Waals surface area contributed by atoms with Crippen LogP contribution in [-0.2, 0) is 6.42 Å². The van der Waals surface area contributed by atoms with Gasteiger partial charge in [0.15, 0.2) is 5.82 Å². The van der Waals surface area contributed by atoms with E-state index in [0.29, 0.717) is 11.8 Å². The van der Waals surface area contributed by atoms with Crippen molar-refractivity contribution in [1.29, 1.82) is 0 Å². The molecular formula is C18H18ClN7. The minimum Gasteiger partial charge on any atom is -0.370 e. The fourth-order valence-electron chi connectivity index (χ4n) is 2.73. The molecule has 0 saturated heterocycles. The average molecular weight is 368 g/mol. The molecule has 0 aliphatic rings. The van der Waals surface area contributed by atoms with Gasteiger partial charge in [0, 0.05) is 41.8 Å². The van der Waals surface area contributed by atoms with Crippen LogP contribution >= 0.6 is 11.6 Å². The van der Waals surface area contributed by atoms with E-state index < -0.39 is 0 Å². The van der Waals surface area contributed by atoms with Crippen molar-refractivity contribution in [3.05, 3.63) is 65.1 Å². The van der Waals surface area contributed by atoms with Crippen molar-refractivity contribution in [3.63, 3.8) is 0 Å². The lowest BCUT2D eigenvalue weighted by molar-refractivity contribution is 0.992. The second kappa shape index (κ2) is 7.05. The maximum Gasteiger partial charge on any atom is 0.216 e. The highest BCUT2D eigenvalue weighted by molar-refractivity contribution is 6.30. The number of anilines is 3. The largest absolute Gasteiger partial charge is 0.370 e. The number of hydrogen-bond donors (Lipinski definition) is 3. The van der Waals surface area contributed by atoms with Gasteiger partial charge in [0.2, 0.25) is 5.95 Å². The fourth-order valence-corrected chi connectivity index (χ4v) is 2.94. The highest BCUT2D eigenvalue weighted by atomic mass is 35.5. The second-order valence-corrected chi connectivity index (χ2v) is 6.42. The van der Waals surface area contributed by atoms with Gasteiger partial charge in [-0.25, -0.2) is 4.98 Å². The summed E-state index contributed by atoms with van der Waals surface area (Å²) in [6.45, 7) is 2.69. The quantitative estimate of drug-likeness (QED) is 0.482. The maximum absolute atomic E-state index is 6.03. The standard InChI is InChI=1S/C18H18ClN7/c1-12-9-16(25-24-12)23-18-22-15(11-17-21-7-8-26(17)18)20-6-5-13-3-2-4-14(19)10-13/h2-4,7-11,20H,5-6H2,1H3,(H2,22,23,24,25). The van der Waals surface area contributed by atoms with E-state index >= 15 is 0 Å².